The minimum atomic E-state index is 0.604. The zero-order valence-electron chi connectivity index (χ0n) is 11.1. The third kappa shape index (κ3) is 2.81. The normalized spacial score (nSPS) is 12.6. The average Bonchev–Trinajstić information content (AvgIpc) is 2.44. The van der Waals surface area contributed by atoms with Crippen LogP contribution >= 0.6 is 12.6 Å². The van der Waals surface area contributed by atoms with E-state index in [2.05, 4.69) is 73.8 Å². The van der Waals surface area contributed by atoms with Crippen molar-refractivity contribution in [3.05, 3.63) is 42.5 Å². The first-order chi connectivity index (χ1) is 8.76. The Kier molecular flexibility index (Phi) is 4.54. The Morgan fingerprint density at radius 3 is 2.56 bits per heavy atom. The lowest BCUT2D eigenvalue weighted by molar-refractivity contribution is 0.630. The van der Waals surface area contributed by atoms with Crippen LogP contribution in [0.5, 0.6) is 0 Å². The molecule has 0 bridgehead atoms. The van der Waals surface area contributed by atoms with Crippen molar-refractivity contribution in [3.63, 3.8) is 0 Å². The molecule has 0 N–H and O–H groups in total. The van der Waals surface area contributed by atoms with Crippen LogP contribution in [0.3, 0.4) is 0 Å². The summed E-state index contributed by atoms with van der Waals surface area (Å²) in [5.74, 6) is 1.54. The zero-order chi connectivity index (χ0) is 13.0. The number of hydrogen-bond acceptors (Lipinski definition) is 2. The molecule has 0 radical (unpaired) electrons. The summed E-state index contributed by atoms with van der Waals surface area (Å²) >= 11 is 4.39. The number of hydrogen-bond donors (Lipinski definition) is 1. The molecule has 1 nitrogen and oxygen atoms in total. The SMILES string of the molecule is CCN(CC(C)CS)c1cccc2ccccc12. The zero-order valence-corrected chi connectivity index (χ0v) is 12.0. The molecule has 0 saturated heterocycles. The molecule has 0 aliphatic carbocycles. The predicted molar refractivity (Wildman–Crippen MR) is 84.9 cm³/mol. The molecule has 0 aliphatic rings. The fourth-order valence-corrected chi connectivity index (χ4v) is 2.43. The van der Waals surface area contributed by atoms with Gasteiger partial charge >= 0.3 is 0 Å². The monoisotopic (exact) mass is 259 g/mol. The Hall–Kier alpha value is -1.15. The molecule has 1 atom stereocenters. The van der Waals surface area contributed by atoms with E-state index in [9.17, 15) is 0 Å². The number of anilines is 1. The molecule has 2 rings (SSSR count). The van der Waals surface area contributed by atoms with Crippen LogP contribution in [0.2, 0.25) is 0 Å². The molecule has 0 amide bonds. The fourth-order valence-electron chi connectivity index (χ4n) is 2.32. The average molecular weight is 259 g/mol. The molecule has 0 spiro atoms. The first-order valence-electron chi connectivity index (χ1n) is 6.59. The highest BCUT2D eigenvalue weighted by Gasteiger charge is 2.10. The van der Waals surface area contributed by atoms with E-state index in [1.54, 1.807) is 0 Å². The van der Waals surface area contributed by atoms with Crippen LogP contribution in [0.4, 0.5) is 5.69 Å². The summed E-state index contributed by atoms with van der Waals surface area (Å²) in [6, 6.07) is 15.1. The largest absolute Gasteiger partial charge is 0.371 e. The lowest BCUT2D eigenvalue weighted by atomic mass is 10.1. The van der Waals surface area contributed by atoms with Gasteiger partial charge in [0.2, 0.25) is 0 Å². The van der Waals surface area contributed by atoms with Gasteiger partial charge in [0.05, 0.1) is 0 Å². The van der Waals surface area contributed by atoms with Crippen molar-refractivity contribution in [2.75, 3.05) is 23.7 Å². The van der Waals surface area contributed by atoms with E-state index in [0.29, 0.717) is 5.92 Å². The fraction of sp³-hybridized carbons (Fsp3) is 0.375. The Balaban J connectivity index is 2.38. The minimum Gasteiger partial charge on any atom is -0.371 e. The quantitative estimate of drug-likeness (QED) is 0.786. The van der Waals surface area contributed by atoms with E-state index in [0.717, 1.165) is 18.8 Å². The van der Waals surface area contributed by atoms with Gasteiger partial charge in [-0.25, -0.2) is 0 Å². The van der Waals surface area contributed by atoms with Crippen LogP contribution in [0.25, 0.3) is 10.8 Å². The lowest BCUT2D eigenvalue weighted by Crippen LogP contribution is -2.29. The predicted octanol–water partition coefficient (Wildman–Crippen LogP) is 4.23. The van der Waals surface area contributed by atoms with E-state index in [4.69, 9.17) is 0 Å². The maximum Gasteiger partial charge on any atom is 0.0445 e. The molecule has 0 saturated carbocycles. The van der Waals surface area contributed by atoms with Crippen molar-refractivity contribution >= 4 is 29.1 Å². The van der Waals surface area contributed by atoms with Crippen LogP contribution in [-0.4, -0.2) is 18.8 Å². The molecule has 1 unspecified atom stereocenters. The Labute approximate surface area is 115 Å². The summed E-state index contributed by atoms with van der Waals surface area (Å²) in [7, 11) is 0. The molecule has 2 heteroatoms. The van der Waals surface area contributed by atoms with Gasteiger partial charge in [-0.15, -0.1) is 0 Å². The van der Waals surface area contributed by atoms with Gasteiger partial charge in [-0.2, -0.15) is 12.6 Å². The highest BCUT2D eigenvalue weighted by molar-refractivity contribution is 7.80. The van der Waals surface area contributed by atoms with Crippen LogP contribution in [0.1, 0.15) is 13.8 Å². The molecular formula is C16H21NS. The molecule has 0 aliphatic heterocycles. The minimum absolute atomic E-state index is 0.604. The van der Waals surface area contributed by atoms with Crippen molar-refractivity contribution in [1.29, 1.82) is 0 Å². The second kappa shape index (κ2) is 6.14. The maximum absolute atomic E-state index is 4.39. The van der Waals surface area contributed by atoms with Gasteiger partial charge in [0.25, 0.3) is 0 Å². The molecule has 2 aromatic carbocycles. The van der Waals surface area contributed by atoms with E-state index in [1.807, 2.05) is 0 Å². The number of rotatable bonds is 5. The molecule has 0 heterocycles. The molecule has 2 aromatic rings. The second-order valence-electron chi connectivity index (χ2n) is 4.82. The highest BCUT2D eigenvalue weighted by atomic mass is 32.1. The number of nitrogens with zero attached hydrogens (tertiary/aromatic N) is 1. The van der Waals surface area contributed by atoms with Crippen molar-refractivity contribution in [2.24, 2.45) is 5.92 Å². The van der Waals surface area contributed by atoms with Gasteiger partial charge in [-0.3, -0.25) is 0 Å². The lowest BCUT2D eigenvalue weighted by Gasteiger charge is -2.27. The Morgan fingerprint density at radius 2 is 1.83 bits per heavy atom. The smallest absolute Gasteiger partial charge is 0.0445 e. The number of fused-ring (bicyclic) bond motifs is 1. The van der Waals surface area contributed by atoms with Crippen LogP contribution in [0.15, 0.2) is 42.5 Å². The maximum atomic E-state index is 4.39. The molecule has 0 fully saturated rings. The van der Waals surface area contributed by atoms with Gasteiger partial charge in [0.15, 0.2) is 0 Å². The summed E-state index contributed by atoms with van der Waals surface area (Å²) in [4.78, 5) is 2.45. The first kappa shape index (κ1) is 13.3. The Morgan fingerprint density at radius 1 is 1.11 bits per heavy atom. The van der Waals surface area contributed by atoms with Gasteiger partial charge < -0.3 is 4.90 Å². The highest BCUT2D eigenvalue weighted by Crippen LogP contribution is 2.27. The molecule has 0 aromatic heterocycles. The van der Waals surface area contributed by atoms with Crippen molar-refractivity contribution in [2.45, 2.75) is 13.8 Å². The van der Waals surface area contributed by atoms with Gasteiger partial charge in [0.1, 0.15) is 0 Å². The van der Waals surface area contributed by atoms with Crippen LogP contribution < -0.4 is 4.90 Å². The van der Waals surface area contributed by atoms with Gasteiger partial charge in [-0.1, -0.05) is 43.3 Å². The Bertz CT molecular complexity index is 504. The third-order valence-electron chi connectivity index (χ3n) is 3.33. The van der Waals surface area contributed by atoms with E-state index < -0.39 is 0 Å². The summed E-state index contributed by atoms with van der Waals surface area (Å²) in [5.41, 5.74) is 1.34. The summed E-state index contributed by atoms with van der Waals surface area (Å²) in [6.45, 7) is 6.56. The van der Waals surface area contributed by atoms with E-state index in [-0.39, 0.29) is 0 Å². The number of benzene rings is 2. The third-order valence-corrected chi connectivity index (χ3v) is 3.96. The van der Waals surface area contributed by atoms with E-state index in [1.165, 1.54) is 16.5 Å². The van der Waals surface area contributed by atoms with Gasteiger partial charge in [0, 0.05) is 24.2 Å². The van der Waals surface area contributed by atoms with Gasteiger partial charge in [-0.05, 0) is 30.0 Å². The summed E-state index contributed by atoms with van der Waals surface area (Å²) in [5, 5.41) is 2.65. The van der Waals surface area contributed by atoms with Crippen LogP contribution in [-0.2, 0) is 0 Å². The molecule has 96 valence electrons. The number of thiol groups is 1. The second-order valence-corrected chi connectivity index (χ2v) is 5.19. The van der Waals surface area contributed by atoms with Crippen molar-refractivity contribution in [1.82, 2.24) is 0 Å². The standard InChI is InChI=1S/C16H21NS/c1-3-17(11-13(2)12-18)16-10-6-8-14-7-4-5-9-15(14)16/h4-10,13,18H,3,11-12H2,1-2H3. The first-order valence-corrected chi connectivity index (χ1v) is 7.23. The summed E-state index contributed by atoms with van der Waals surface area (Å²) < 4.78 is 0. The van der Waals surface area contributed by atoms with Crippen molar-refractivity contribution in [3.8, 4) is 0 Å². The van der Waals surface area contributed by atoms with E-state index >= 15 is 0 Å². The molecular weight excluding hydrogens is 238 g/mol. The van der Waals surface area contributed by atoms with Crippen molar-refractivity contribution < 1.29 is 0 Å². The summed E-state index contributed by atoms with van der Waals surface area (Å²) in [6.07, 6.45) is 0. The van der Waals surface area contributed by atoms with Crippen LogP contribution in [0, 0.1) is 5.92 Å². The molecule has 18 heavy (non-hydrogen) atoms. The topological polar surface area (TPSA) is 3.24 Å².